The van der Waals surface area contributed by atoms with E-state index in [0.717, 1.165) is 5.56 Å². The van der Waals surface area contributed by atoms with Gasteiger partial charge in [0.2, 0.25) is 0 Å². The maximum atomic E-state index is 12.6. The third kappa shape index (κ3) is 3.83. The number of benzene rings is 1. The second-order valence-corrected chi connectivity index (χ2v) is 8.08. The molecule has 5 nitrogen and oxygen atoms in total. The van der Waals surface area contributed by atoms with Crippen LogP contribution in [0.5, 0.6) is 0 Å². The van der Waals surface area contributed by atoms with Gasteiger partial charge in [0, 0.05) is 6.61 Å². The topological polar surface area (TPSA) is 80.7 Å². The smallest absolute Gasteiger partial charge is 0.327 e. The van der Waals surface area contributed by atoms with Gasteiger partial charge in [-0.25, -0.2) is 8.42 Å². The summed E-state index contributed by atoms with van der Waals surface area (Å²) in [6.45, 7) is 6.02. The zero-order chi connectivity index (χ0) is 16.3. The Morgan fingerprint density at radius 1 is 1.24 bits per heavy atom. The maximum Gasteiger partial charge on any atom is 0.327 e. The van der Waals surface area contributed by atoms with Crippen molar-refractivity contribution >= 4 is 15.8 Å². The minimum Gasteiger partial charge on any atom is -0.462 e. The van der Waals surface area contributed by atoms with Crippen LogP contribution in [0.3, 0.4) is 0 Å². The SMILES string of the molecule is CC(C)OC(=O)C(C)(C)S(=O)(=O)c1ccc(CCO)cc1. The Kier molecular flexibility index (Phi) is 5.53. The van der Waals surface area contributed by atoms with Crippen LogP contribution >= 0.6 is 0 Å². The molecule has 21 heavy (non-hydrogen) atoms. The summed E-state index contributed by atoms with van der Waals surface area (Å²) in [7, 11) is -3.85. The predicted molar refractivity (Wildman–Crippen MR) is 79.7 cm³/mol. The van der Waals surface area contributed by atoms with E-state index < -0.39 is 20.6 Å². The molecule has 0 bridgehead atoms. The summed E-state index contributed by atoms with van der Waals surface area (Å²) in [5.41, 5.74) is 0.832. The lowest BCUT2D eigenvalue weighted by atomic mass is 10.2. The van der Waals surface area contributed by atoms with E-state index in [-0.39, 0.29) is 17.6 Å². The molecular weight excluding hydrogens is 292 g/mol. The lowest BCUT2D eigenvalue weighted by Crippen LogP contribution is -2.42. The molecule has 118 valence electrons. The monoisotopic (exact) mass is 314 g/mol. The highest BCUT2D eigenvalue weighted by Gasteiger charge is 2.44. The van der Waals surface area contributed by atoms with Crippen LogP contribution in [0, 0.1) is 0 Å². The lowest BCUT2D eigenvalue weighted by Gasteiger charge is -2.24. The van der Waals surface area contributed by atoms with Gasteiger partial charge >= 0.3 is 5.97 Å². The molecule has 6 heteroatoms. The van der Waals surface area contributed by atoms with Gasteiger partial charge in [-0.2, -0.15) is 0 Å². The first-order valence-electron chi connectivity index (χ1n) is 6.78. The molecule has 1 aromatic rings. The van der Waals surface area contributed by atoms with Crippen LogP contribution in [0.4, 0.5) is 0 Å². The first-order valence-corrected chi connectivity index (χ1v) is 8.26. The number of ether oxygens (including phenoxy) is 1. The highest BCUT2D eigenvalue weighted by atomic mass is 32.2. The molecule has 0 saturated heterocycles. The highest BCUT2D eigenvalue weighted by Crippen LogP contribution is 2.27. The number of hydrogen-bond acceptors (Lipinski definition) is 5. The van der Waals surface area contributed by atoms with Crippen molar-refractivity contribution in [2.24, 2.45) is 0 Å². The average molecular weight is 314 g/mol. The zero-order valence-electron chi connectivity index (χ0n) is 12.8. The molecule has 0 atom stereocenters. The number of rotatable bonds is 6. The van der Waals surface area contributed by atoms with Gasteiger partial charge in [0.1, 0.15) is 0 Å². The van der Waals surface area contributed by atoms with Crippen LogP contribution in [-0.2, 0) is 25.8 Å². The average Bonchev–Trinajstić information content (AvgIpc) is 2.38. The molecule has 0 unspecified atom stereocenters. The first-order chi connectivity index (χ1) is 9.62. The van der Waals surface area contributed by atoms with Gasteiger partial charge in [0.05, 0.1) is 11.0 Å². The van der Waals surface area contributed by atoms with Crippen LogP contribution in [0.1, 0.15) is 33.3 Å². The molecule has 1 N–H and O–H groups in total. The number of hydrogen-bond donors (Lipinski definition) is 1. The van der Waals surface area contributed by atoms with Crippen molar-refractivity contribution in [2.45, 2.75) is 49.9 Å². The highest BCUT2D eigenvalue weighted by molar-refractivity contribution is 7.93. The van der Waals surface area contributed by atoms with Crippen molar-refractivity contribution in [1.82, 2.24) is 0 Å². The van der Waals surface area contributed by atoms with Gasteiger partial charge in [0.15, 0.2) is 14.6 Å². The first kappa shape index (κ1) is 17.7. The molecule has 1 aromatic carbocycles. The second kappa shape index (κ2) is 6.58. The molecular formula is C15H22O5S. The number of carbonyl (C=O) groups is 1. The molecule has 0 spiro atoms. The largest absolute Gasteiger partial charge is 0.462 e. The lowest BCUT2D eigenvalue weighted by molar-refractivity contribution is -0.149. The molecule has 1 rings (SSSR count). The van der Waals surface area contributed by atoms with E-state index >= 15 is 0 Å². The van der Waals surface area contributed by atoms with Gasteiger partial charge in [-0.3, -0.25) is 4.79 Å². The molecule has 0 radical (unpaired) electrons. The normalized spacial score (nSPS) is 12.5. The summed E-state index contributed by atoms with van der Waals surface area (Å²) < 4.78 is 28.6. The van der Waals surface area contributed by atoms with Crippen molar-refractivity contribution in [3.63, 3.8) is 0 Å². The Labute approximate surface area is 125 Å². The molecule has 0 saturated carbocycles. The van der Waals surface area contributed by atoms with Crippen molar-refractivity contribution in [1.29, 1.82) is 0 Å². The minimum atomic E-state index is -3.85. The number of aliphatic hydroxyl groups excluding tert-OH is 1. The van der Waals surface area contributed by atoms with E-state index in [1.54, 1.807) is 26.0 Å². The zero-order valence-corrected chi connectivity index (χ0v) is 13.6. The fraction of sp³-hybridized carbons (Fsp3) is 0.533. The van der Waals surface area contributed by atoms with Crippen molar-refractivity contribution in [2.75, 3.05) is 6.61 Å². The number of esters is 1. The van der Waals surface area contributed by atoms with E-state index in [4.69, 9.17) is 9.84 Å². The number of sulfone groups is 1. The van der Waals surface area contributed by atoms with Crippen LogP contribution in [-0.4, -0.2) is 37.0 Å². The summed E-state index contributed by atoms with van der Waals surface area (Å²) in [4.78, 5) is 12.1. The third-order valence-electron chi connectivity index (χ3n) is 3.14. The van der Waals surface area contributed by atoms with E-state index in [2.05, 4.69) is 0 Å². The van der Waals surface area contributed by atoms with Crippen molar-refractivity contribution < 1.29 is 23.1 Å². The Morgan fingerprint density at radius 3 is 2.19 bits per heavy atom. The number of carbonyl (C=O) groups excluding carboxylic acids is 1. The summed E-state index contributed by atoms with van der Waals surface area (Å²) in [5.74, 6) is -0.767. The van der Waals surface area contributed by atoms with Crippen LogP contribution in [0.25, 0.3) is 0 Å². The van der Waals surface area contributed by atoms with Crippen LogP contribution in [0.2, 0.25) is 0 Å². The molecule has 0 heterocycles. The third-order valence-corrected chi connectivity index (χ3v) is 5.54. The molecule has 0 aliphatic heterocycles. The van der Waals surface area contributed by atoms with Crippen molar-refractivity contribution in [3.05, 3.63) is 29.8 Å². The fourth-order valence-corrected chi connectivity index (χ4v) is 3.08. The van der Waals surface area contributed by atoms with Gasteiger partial charge in [0.25, 0.3) is 0 Å². The van der Waals surface area contributed by atoms with E-state index in [0.29, 0.717) is 6.42 Å². The predicted octanol–water partition coefficient (Wildman–Crippen LogP) is 1.73. The van der Waals surface area contributed by atoms with Gasteiger partial charge in [-0.15, -0.1) is 0 Å². The summed E-state index contributed by atoms with van der Waals surface area (Å²) >= 11 is 0. The van der Waals surface area contributed by atoms with Crippen LogP contribution < -0.4 is 0 Å². The standard InChI is InChI=1S/C15H22O5S/c1-11(2)20-14(17)15(3,4)21(18,19)13-7-5-12(6-8-13)9-10-16/h5-8,11,16H,9-10H2,1-4H3. The molecule has 0 aromatic heterocycles. The molecule has 0 aliphatic rings. The Balaban J connectivity index is 3.11. The maximum absolute atomic E-state index is 12.6. The molecule has 0 amide bonds. The molecule has 0 fully saturated rings. The van der Waals surface area contributed by atoms with Crippen LogP contribution in [0.15, 0.2) is 29.2 Å². The van der Waals surface area contributed by atoms with Gasteiger partial charge < -0.3 is 9.84 Å². The van der Waals surface area contributed by atoms with E-state index in [9.17, 15) is 13.2 Å². The van der Waals surface area contributed by atoms with Gasteiger partial charge in [-0.05, 0) is 51.8 Å². The minimum absolute atomic E-state index is 0.00168. The van der Waals surface area contributed by atoms with Crippen molar-refractivity contribution in [3.8, 4) is 0 Å². The Bertz CT molecular complexity index is 585. The quantitative estimate of drug-likeness (QED) is 0.809. The summed E-state index contributed by atoms with van der Waals surface area (Å²) in [5, 5.41) is 8.86. The summed E-state index contributed by atoms with van der Waals surface area (Å²) in [6, 6.07) is 6.16. The van der Waals surface area contributed by atoms with E-state index in [1.807, 2.05) is 0 Å². The summed E-state index contributed by atoms with van der Waals surface area (Å²) in [6.07, 6.45) is 0.0814. The van der Waals surface area contributed by atoms with Gasteiger partial charge in [-0.1, -0.05) is 12.1 Å². The molecule has 0 aliphatic carbocycles. The Hall–Kier alpha value is -1.40. The fourth-order valence-electron chi connectivity index (χ4n) is 1.72. The van der Waals surface area contributed by atoms with E-state index in [1.165, 1.54) is 26.0 Å². The second-order valence-electron chi connectivity index (χ2n) is 5.59. The number of aliphatic hydroxyl groups is 1. The Morgan fingerprint density at radius 2 is 1.76 bits per heavy atom.